The molecule has 3 rings (SSSR count). The molecule has 0 N–H and O–H groups in total. The van der Waals surface area contributed by atoms with E-state index in [1.165, 1.54) is 11.8 Å². The van der Waals surface area contributed by atoms with Gasteiger partial charge in [0.15, 0.2) is 0 Å². The molecule has 0 aromatic carbocycles. The number of aryl methyl sites for hydroxylation is 1. The Hall–Kier alpha value is -1.57. The predicted octanol–water partition coefficient (Wildman–Crippen LogP) is 4.29. The van der Waals surface area contributed by atoms with Crippen molar-refractivity contribution in [2.75, 3.05) is 37.3 Å². The number of aromatic nitrogens is 3. The molecule has 1 aliphatic heterocycles. The van der Waals surface area contributed by atoms with Gasteiger partial charge in [-0.25, -0.2) is 15.0 Å². The Kier molecular flexibility index (Phi) is 6.68. The van der Waals surface area contributed by atoms with Gasteiger partial charge in [0.2, 0.25) is 0 Å². The third-order valence-electron chi connectivity index (χ3n) is 4.65. The number of nitrogens with zero attached hydrogens (tertiary/aromatic N) is 5. The van der Waals surface area contributed by atoms with Gasteiger partial charge in [-0.1, -0.05) is 37.0 Å². The van der Waals surface area contributed by atoms with Crippen molar-refractivity contribution in [2.45, 2.75) is 31.7 Å². The second-order valence-corrected chi connectivity index (χ2v) is 8.58. The summed E-state index contributed by atoms with van der Waals surface area (Å²) in [6.07, 6.45) is 3.52. The number of pyridine rings is 1. The third-order valence-corrected chi connectivity index (χ3v) is 5.82. The molecule has 3 heterocycles. The van der Waals surface area contributed by atoms with E-state index in [9.17, 15) is 4.79 Å². The summed E-state index contributed by atoms with van der Waals surface area (Å²) in [5.41, 5.74) is 1.34. The molecule has 6 nitrogen and oxygen atoms in total. The first-order valence-electron chi connectivity index (χ1n) is 9.09. The number of hydrogen-bond donors (Lipinski definition) is 0. The van der Waals surface area contributed by atoms with Crippen LogP contribution >= 0.6 is 35.0 Å². The number of hydrogen-bond acceptors (Lipinski definition) is 6. The Labute approximate surface area is 179 Å². The van der Waals surface area contributed by atoms with Gasteiger partial charge in [-0.05, 0) is 19.2 Å². The first kappa shape index (κ1) is 21.1. The summed E-state index contributed by atoms with van der Waals surface area (Å²) in [6, 6.07) is 1.69. The lowest BCUT2D eigenvalue weighted by atomic mass is 10.1. The zero-order valence-electron chi connectivity index (χ0n) is 16.4. The highest BCUT2D eigenvalue weighted by Gasteiger charge is 2.28. The maximum atomic E-state index is 13.2. The van der Waals surface area contributed by atoms with Crippen molar-refractivity contribution in [1.82, 2.24) is 19.9 Å². The van der Waals surface area contributed by atoms with E-state index in [4.69, 9.17) is 23.2 Å². The summed E-state index contributed by atoms with van der Waals surface area (Å²) in [6.45, 7) is 8.45. The third kappa shape index (κ3) is 4.36. The van der Waals surface area contributed by atoms with E-state index in [-0.39, 0.29) is 11.8 Å². The van der Waals surface area contributed by atoms with Crippen LogP contribution in [0.25, 0.3) is 0 Å². The minimum atomic E-state index is -0.0213. The summed E-state index contributed by atoms with van der Waals surface area (Å²) < 4.78 is 0. The van der Waals surface area contributed by atoms with Crippen molar-refractivity contribution in [1.29, 1.82) is 0 Å². The molecule has 9 heteroatoms. The molecule has 150 valence electrons. The Bertz CT molecular complexity index is 885. The first-order valence-corrected chi connectivity index (χ1v) is 11.1. The molecule has 2 aromatic rings. The Morgan fingerprint density at radius 1 is 1.18 bits per heavy atom. The van der Waals surface area contributed by atoms with Gasteiger partial charge >= 0.3 is 0 Å². The van der Waals surface area contributed by atoms with Crippen LogP contribution in [-0.4, -0.2) is 58.2 Å². The number of anilines is 1. The topological polar surface area (TPSA) is 62.2 Å². The van der Waals surface area contributed by atoms with Crippen LogP contribution in [0.5, 0.6) is 0 Å². The Morgan fingerprint density at radius 3 is 2.43 bits per heavy atom. The van der Waals surface area contributed by atoms with E-state index in [1.54, 1.807) is 12.3 Å². The van der Waals surface area contributed by atoms with E-state index in [1.807, 2.05) is 18.1 Å². The molecule has 0 aliphatic carbocycles. The molecule has 28 heavy (non-hydrogen) atoms. The summed E-state index contributed by atoms with van der Waals surface area (Å²) in [4.78, 5) is 30.6. The lowest BCUT2D eigenvalue weighted by Crippen LogP contribution is -2.49. The molecule has 1 fully saturated rings. The largest absolute Gasteiger partial charge is 0.352 e. The minimum Gasteiger partial charge on any atom is -0.352 e. The average molecular weight is 440 g/mol. The monoisotopic (exact) mass is 439 g/mol. The SMILES string of the molecule is CSc1nc(C(C)C)nc(C)c1C(=O)N1CCN(c2ncc(Cl)cc2Cl)CC1. The van der Waals surface area contributed by atoms with E-state index in [0.717, 1.165) is 16.5 Å². The Balaban J connectivity index is 1.77. The van der Waals surface area contributed by atoms with Crippen molar-refractivity contribution in [3.63, 3.8) is 0 Å². The second kappa shape index (κ2) is 8.84. The number of carbonyl (C=O) groups excluding carboxylic acids is 1. The quantitative estimate of drug-likeness (QED) is 0.522. The van der Waals surface area contributed by atoms with E-state index >= 15 is 0 Å². The second-order valence-electron chi connectivity index (χ2n) is 6.94. The Morgan fingerprint density at radius 2 is 1.86 bits per heavy atom. The fourth-order valence-electron chi connectivity index (χ4n) is 3.14. The molecule has 1 amide bonds. The van der Waals surface area contributed by atoms with Crippen molar-refractivity contribution in [3.8, 4) is 0 Å². The number of halogens is 2. The standard InChI is InChI=1S/C19H23Cl2N5OS/c1-11(2)16-23-12(3)15(18(24-16)28-4)19(27)26-7-5-25(6-8-26)17-14(21)9-13(20)10-22-17/h9-11H,5-8H2,1-4H3. The lowest BCUT2D eigenvalue weighted by molar-refractivity contribution is 0.0740. The zero-order chi connectivity index (χ0) is 20.4. The number of thioether (sulfide) groups is 1. The fourth-order valence-corrected chi connectivity index (χ4v) is 4.26. The molecule has 0 saturated carbocycles. The van der Waals surface area contributed by atoms with Gasteiger partial charge in [-0.3, -0.25) is 4.79 Å². The highest BCUT2D eigenvalue weighted by atomic mass is 35.5. The van der Waals surface area contributed by atoms with E-state index in [2.05, 4.69) is 33.7 Å². The predicted molar refractivity (Wildman–Crippen MR) is 115 cm³/mol. The zero-order valence-corrected chi connectivity index (χ0v) is 18.7. The number of piperazine rings is 1. The fraction of sp³-hybridized carbons (Fsp3) is 0.474. The molecule has 2 aromatic heterocycles. The highest BCUT2D eigenvalue weighted by Crippen LogP contribution is 2.28. The maximum absolute atomic E-state index is 13.2. The van der Waals surface area contributed by atoms with Crippen LogP contribution < -0.4 is 4.90 Å². The molecule has 1 saturated heterocycles. The minimum absolute atomic E-state index is 0.0213. The summed E-state index contributed by atoms with van der Waals surface area (Å²) in [5.74, 6) is 1.66. The molecular formula is C19H23Cl2N5OS. The summed E-state index contributed by atoms with van der Waals surface area (Å²) in [5, 5.41) is 1.77. The smallest absolute Gasteiger partial charge is 0.258 e. The van der Waals surface area contributed by atoms with Gasteiger partial charge < -0.3 is 9.80 Å². The van der Waals surface area contributed by atoms with E-state index < -0.39 is 0 Å². The molecule has 0 atom stereocenters. The normalized spacial score (nSPS) is 14.7. The van der Waals surface area contributed by atoms with Crippen molar-refractivity contribution < 1.29 is 4.79 Å². The average Bonchev–Trinajstić information content (AvgIpc) is 2.67. The maximum Gasteiger partial charge on any atom is 0.258 e. The van der Waals surface area contributed by atoms with Gasteiger partial charge in [0, 0.05) is 38.3 Å². The van der Waals surface area contributed by atoms with Gasteiger partial charge in [0.1, 0.15) is 16.7 Å². The highest BCUT2D eigenvalue weighted by molar-refractivity contribution is 7.98. The number of rotatable bonds is 4. The van der Waals surface area contributed by atoms with Crippen LogP contribution in [0.1, 0.15) is 41.6 Å². The van der Waals surface area contributed by atoms with E-state index in [0.29, 0.717) is 47.6 Å². The van der Waals surface area contributed by atoms with Gasteiger partial charge in [0.25, 0.3) is 5.91 Å². The summed E-state index contributed by atoms with van der Waals surface area (Å²) >= 11 is 13.7. The molecular weight excluding hydrogens is 417 g/mol. The van der Waals surface area contributed by atoms with Crippen molar-refractivity contribution >= 4 is 46.7 Å². The van der Waals surface area contributed by atoms with Crippen LogP contribution in [0.3, 0.4) is 0 Å². The van der Waals surface area contributed by atoms with Crippen LogP contribution in [0, 0.1) is 6.92 Å². The van der Waals surface area contributed by atoms with Gasteiger partial charge in [-0.15, -0.1) is 11.8 Å². The molecule has 0 spiro atoms. The molecule has 0 radical (unpaired) electrons. The van der Waals surface area contributed by atoms with Crippen LogP contribution in [-0.2, 0) is 0 Å². The molecule has 0 unspecified atom stereocenters. The molecule has 0 bridgehead atoms. The van der Waals surface area contributed by atoms with Crippen LogP contribution in [0.15, 0.2) is 17.3 Å². The first-order chi connectivity index (χ1) is 13.3. The van der Waals surface area contributed by atoms with Crippen molar-refractivity contribution in [2.24, 2.45) is 0 Å². The number of amides is 1. The lowest BCUT2D eigenvalue weighted by Gasteiger charge is -2.36. The van der Waals surface area contributed by atoms with Crippen molar-refractivity contribution in [3.05, 3.63) is 39.4 Å². The van der Waals surface area contributed by atoms with Gasteiger partial charge in [-0.2, -0.15) is 0 Å². The number of carbonyl (C=O) groups is 1. The molecule has 1 aliphatic rings. The van der Waals surface area contributed by atoms with Crippen LogP contribution in [0.4, 0.5) is 5.82 Å². The summed E-state index contributed by atoms with van der Waals surface area (Å²) in [7, 11) is 0. The van der Waals surface area contributed by atoms with Gasteiger partial charge in [0.05, 0.1) is 21.3 Å². The van der Waals surface area contributed by atoms with Crippen LogP contribution in [0.2, 0.25) is 10.0 Å².